The first-order chi connectivity index (χ1) is 7.79. The lowest BCUT2D eigenvalue weighted by Crippen LogP contribution is -2.12. The highest BCUT2D eigenvalue weighted by molar-refractivity contribution is 5.26. The molecule has 2 rings (SSSR count). The smallest absolute Gasteiger partial charge is 0.0458 e. The fourth-order valence-corrected chi connectivity index (χ4v) is 2.64. The van der Waals surface area contributed by atoms with Crippen molar-refractivity contribution < 1.29 is 5.21 Å². The Morgan fingerprint density at radius 2 is 2.00 bits per heavy atom. The Labute approximate surface area is 97.6 Å². The molecule has 1 aliphatic rings. The maximum atomic E-state index is 8.71. The van der Waals surface area contributed by atoms with Gasteiger partial charge in [-0.2, -0.15) is 0 Å². The second-order valence-electron chi connectivity index (χ2n) is 5.04. The molecule has 0 saturated heterocycles. The van der Waals surface area contributed by atoms with Crippen LogP contribution in [0.25, 0.3) is 0 Å². The maximum Gasteiger partial charge on any atom is 0.0458 e. The molecule has 0 heterocycles. The van der Waals surface area contributed by atoms with Crippen LogP contribution in [0.1, 0.15) is 49.7 Å². The third-order valence-electron chi connectivity index (χ3n) is 3.72. The molecule has 0 radical (unpaired) electrons. The number of rotatable bonds is 3. The number of benzene rings is 1. The van der Waals surface area contributed by atoms with E-state index in [2.05, 4.69) is 36.7 Å². The summed E-state index contributed by atoms with van der Waals surface area (Å²) in [5, 5.41) is 8.71. The molecular formula is C14H21NO. The van der Waals surface area contributed by atoms with Crippen LogP contribution in [0.3, 0.4) is 0 Å². The first-order valence-corrected chi connectivity index (χ1v) is 6.25. The molecule has 0 amide bonds. The molecule has 1 saturated carbocycles. The Morgan fingerprint density at radius 1 is 1.25 bits per heavy atom. The lowest BCUT2D eigenvalue weighted by atomic mass is 9.79. The molecule has 0 bridgehead atoms. The van der Waals surface area contributed by atoms with Crippen LogP contribution in [0.4, 0.5) is 0 Å². The van der Waals surface area contributed by atoms with E-state index in [4.69, 9.17) is 5.21 Å². The molecular weight excluding hydrogens is 198 g/mol. The fourth-order valence-electron chi connectivity index (χ4n) is 2.64. The number of nitrogens with one attached hydrogen (secondary N) is 1. The minimum atomic E-state index is 0.539. The van der Waals surface area contributed by atoms with Crippen LogP contribution in [0.5, 0.6) is 0 Å². The first kappa shape index (κ1) is 11.6. The zero-order valence-electron chi connectivity index (χ0n) is 9.95. The predicted molar refractivity (Wildman–Crippen MR) is 65.4 cm³/mol. The molecule has 0 aliphatic heterocycles. The second-order valence-corrected chi connectivity index (χ2v) is 5.04. The van der Waals surface area contributed by atoms with Crippen LogP contribution in [0.15, 0.2) is 24.3 Å². The van der Waals surface area contributed by atoms with Crippen LogP contribution in [-0.2, 0) is 6.54 Å². The summed E-state index contributed by atoms with van der Waals surface area (Å²) in [6.45, 7) is 2.89. The van der Waals surface area contributed by atoms with Gasteiger partial charge in [0.15, 0.2) is 0 Å². The molecule has 1 aromatic rings. The van der Waals surface area contributed by atoms with E-state index in [9.17, 15) is 0 Å². The normalized spacial score (nSPS) is 25.6. The van der Waals surface area contributed by atoms with Crippen LogP contribution >= 0.6 is 0 Å². The van der Waals surface area contributed by atoms with Gasteiger partial charge in [0.1, 0.15) is 0 Å². The Hall–Kier alpha value is -0.860. The lowest BCUT2D eigenvalue weighted by Gasteiger charge is -2.26. The largest absolute Gasteiger partial charge is 0.316 e. The van der Waals surface area contributed by atoms with Crippen molar-refractivity contribution in [2.75, 3.05) is 0 Å². The molecule has 2 N–H and O–H groups in total. The van der Waals surface area contributed by atoms with Gasteiger partial charge in [0.05, 0.1) is 0 Å². The zero-order valence-corrected chi connectivity index (χ0v) is 9.95. The Kier molecular flexibility index (Phi) is 3.97. The highest BCUT2D eigenvalue weighted by Crippen LogP contribution is 2.35. The van der Waals surface area contributed by atoms with Gasteiger partial charge in [0.25, 0.3) is 0 Å². The Morgan fingerprint density at radius 3 is 2.69 bits per heavy atom. The Bertz CT molecular complexity index is 329. The predicted octanol–water partition coefficient (Wildman–Crippen LogP) is 3.46. The highest BCUT2D eigenvalue weighted by Gasteiger charge is 2.19. The third kappa shape index (κ3) is 2.83. The molecule has 0 atom stereocenters. The minimum absolute atomic E-state index is 0.539. The lowest BCUT2D eigenvalue weighted by molar-refractivity contribution is 0.161. The molecule has 0 spiro atoms. The summed E-state index contributed by atoms with van der Waals surface area (Å²) < 4.78 is 0. The molecule has 0 aromatic heterocycles. The van der Waals surface area contributed by atoms with Crippen molar-refractivity contribution in [1.29, 1.82) is 0 Å². The van der Waals surface area contributed by atoms with Crippen molar-refractivity contribution in [3.8, 4) is 0 Å². The van der Waals surface area contributed by atoms with Crippen molar-refractivity contribution in [3.05, 3.63) is 35.4 Å². The van der Waals surface area contributed by atoms with E-state index in [-0.39, 0.29) is 0 Å². The monoisotopic (exact) mass is 219 g/mol. The summed E-state index contributed by atoms with van der Waals surface area (Å²) in [5.74, 6) is 1.63. The van der Waals surface area contributed by atoms with Crippen LogP contribution in [0.2, 0.25) is 0 Å². The van der Waals surface area contributed by atoms with Gasteiger partial charge in [0.2, 0.25) is 0 Å². The topological polar surface area (TPSA) is 32.3 Å². The van der Waals surface area contributed by atoms with Crippen molar-refractivity contribution in [2.45, 2.75) is 45.1 Å². The molecule has 16 heavy (non-hydrogen) atoms. The highest BCUT2D eigenvalue weighted by atomic mass is 16.5. The fraction of sp³-hybridized carbons (Fsp3) is 0.571. The van der Waals surface area contributed by atoms with Crippen LogP contribution < -0.4 is 5.48 Å². The summed E-state index contributed by atoms with van der Waals surface area (Å²) in [6.07, 6.45) is 5.34. The quantitative estimate of drug-likeness (QED) is 0.763. The second kappa shape index (κ2) is 5.46. The Balaban J connectivity index is 2.05. The van der Waals surface area contributed by atoms with Gasteiger partial charge >= 0.3 is 0 Å². The third-order valence-corrected chi connectivity index (χ3v) is 3.72. The number of hydrogen-bond donors (Lipinski definition) is 2. The van der Waals surface area contributed by atoms with E-state index >= 15 is 0 Å². The molecule has 1 aliphatic carbocycles. The molecule has 1 fully saturated rings. The van der Waals surface area contributed by atoms with Crippen LogP contribution in [-0.4, -0.2) is 5.21 Å². The van der Waals surface area contributed by atoms with Gasteiger partial charge in [-0.3, -0.25) is 0 Å². The summed E-state index contributed by atoms with van der Waals surface area (Å²) >= 11 is 0. The average Bonchev–Trinajstić information content (AvgIpc) is 2.31. The van der Waals surface area contributed by atoms with Gasteiger partial charge in [-0.15, -0.1) is 0 Å². The van der Waals surface area contributed by atoms with E-state index in [0.29, 0.717) is 6.54 Å². The van der Waals surface area contributed by atoms with Gasteiger partial charge in [0, 0.05) is 6.54 Å². The van der Waals surface area contributed by atoms with Crippen molar-refractivity contribution in [3.63, 3.8) is 0 Å². The number of hydroxylamine groups is 1. The average molecular weight is 219 g/mol. The SMILES string of the molecule is CC1CCC(c2cccc(CNO)c2)CC1. The van der Waals surface area contributed by atoms with E-state index in [0.717, 1.165) is 11.8 Å². The summed E-state index contributed by atoms with van der Waals surface area (Å²) in [6, 6.07) is 8.60. The van der Waals surface area contributed by atoms with Gasteiger partial charge in [-0.1, -0.05) is 44.0 Å². The minimum Gasteiger partial charge on any atom is -0.316 e. The molecule has 2 nitrogen and oxygen atoms in total. The van der Waals surface area contributed by atoms with Gasteiger partial charge in [-0.05, 0) is 35.8 Å². The summed E-state index contributed by atoms with van der Waals surface area (Å²) in [7, 11) is 0. The van der Waals surface area contributed by atoms with Crippen LogP contribution in [0, 0.1) is 5.92 Å². The molecule has 2 heteroatoms. The summed E-state index contributed by atoms with van der Waals surface area (Å²) in [5.41, 5.74) is 4.83. The zero-order chi connectivity index (χ0) is 11.4. The van der Waals surface area contributed by atoms with E-state index in [1.165, 1.54) is 36.8 Å². The maximum absolute atomic E-state index is 8.71. The van der Waals surface area contributed by atoms with E-state index in [1.54, 1.807) is 0 Å². The summed E-state index contributed by atoms with van der Waals surface area (Å²) in [4.78, 5) is 0. The van der Waals surface area contributed by atoms with Gasteiger partial charge < -0.3 is 5.21 Å². The van der Waals surface area contributed by atoms with Crippen molar-refractivity contribution in [2.24, 2.45) is 5.92 Å². The van der Waals surface area contributed by atoms with E-state index in [1.807, 2.05) is 0 Å². The molecule has 1 aromatic carbocycles. The van der Waals surface area contributed by atoms with E-state index < -0.39 is 0 Å². The first-order valence-electron chi connectivity index (χ1n) is 6.25. The van der Waals surface area contributed by atoms with Crippen molar-refractivity contribution in [1.82, 2.24) is 5.48 Å². The molecule has 88 valence electrons. The number of hydrogen-bond acceptors (Lipinski definition) is 2. The van der Waals surface area contributed by atoms with Gasteiger partial charge in [-0.25, -0.2) is 5.48 Å². The van der Waals surface area contributed by atoms with Crippen molar-refractivity contribution >= 4 is 0 Å². The standard InChI is InChI=1S/C14H21NO/c1-11-5-7-13(8-6-11)14-4-2-3-12(9-14)10-15-16/h2-4,9,11,13,15-16H,5-8,10H2,1H3. The molecule has 0 unspecified atom stereocenters.